The number of anilines is 2. The molecule has 0 atom stereocenters. The van der Waals surface area contributed by atoms with E-state index in [0.717, 1.165) is 31.5 Å². The van der Waals surface area contributed by atoms with Crippen molar-refractivity contribution in [1.82, 2.24) is 19.5 Å². The van der Waals surface area contributed by atoms with Crippen LogP contribution in [0.15, 0.2) is 24.5 Å². The molecule has 1 aromatic carbocycles. The quantitative estimate of drug-likeness (QED) is 0.343. The van der Waals surface area contributed by atoms with Crippen molar-refractivity contribution in [3.8, 4) is 11.5 Å². The predicted octanol–water partition coefficient (Wildman–Crippen LogP) is 3.53. The van der Waals surface area contributed by atoms with Gasteiger partial charge in [0, 0.05) is 25.2 Å². The van der Waals surface area contributed by atoms with Crippen molar-refractivity contribution in [2.75, 3.05) is 24.3 Å². The number of aliphatic hydroxyl groups is 1. The summed E-state index contributed by atoms with van der Waals surface area (Å²) >= 11 is 0. The van der Waals surface area contributed by atoms with E-state index in [9.17, 15) is 10.2 Å². The number of aryl methyl sites for hydroxylation is 1. The number of aromatic hydroxyl groups is 1. The molecule has 3 rings (SSSR count). The smallest absolute Gasteiger partial charge is 0.226 e. The summed E-state index contributed by atoms with van der Waals surface area (Å²) in [6, 6.07) is 5.35. The Morgan fingerprint density at radius 2 is 1.97 bits per heavy atom. The molecule has 0 amide bonds. The highest BCUT2D eigenvalue weighted by Crippen LogP contribution is 2.30. The van der Waals surface area contributed by atoms with Crippen LogP contribution in [0.3, 0.4) is 0 Å². The van der Waals surface area contributed by atoms with Gasteiger partial charge in [0.25, 0.3) is 0 Å². The second-order valence-corrected chi connectivity index (χ2v) is 8.20. The molecule has 9 heteroatoms. The van der Waals surface area contributed by atoms with E-state index in [2.05, 4.69) is 32.5 Å². The minimum Gasteiger partial charge on any atom is -0.504 e. The molecule has 0 aliphatic heterocycles. The molecule has 4 N–H and O–H groups in total. The monoisotopic (exact) mass is 428 g/mol. The Bertz CT molecular complexity index is 1010. The van der Waals surface area contributed by atoms with Gasteiger partial charge in [0.2, 0.25) is 5.95 Å². The zero-order valence-corrected chi connectivity index (χ0v) is 18.6. The van der Waals surface area contributed by atoms with Crippen molar-refractivity contribution >= 4 is 22.9 Å². The highest BCUT2D eigenvalue weighted by Gasteiger charge is 2.17. The fourth-order valence-corrected chi connectivity index (χ4v) is 3.19. The molecule has 0 fully saturated rings. The standard InChI is InChI=1S/C22H32N6O3/c1-5-6-7-11-28-14-25-17-19(23-12-15-9-8-10-16(31-4)18(15)29)26-21(27-20(17)28)24-13-22(2,3)30/h8-10,14,29-30H,5-7,11-13H2,1-4H3,(H2,23,24,26,27). The number of methoxy groups -OCH3 is 1. The average molecular weight is 429 g/mol. The molecular formula is C22H32N6O3. The van der Waals surface area contributed by atoms with Crippen molar-refractivity contribution < 1.29 is 14.9 Å². The van der Waals surface area contributed by atoms with Gasteiger partial charge in [-0.15, -0.1) is 0 Å². The van der Waals surface area contributed by atoms with Crippen molar-refractivity contribution in [2.24, 2.45) is 0 Å². The van der Waals surface area contributed by atoms with Crippen LogP contribution in [0, 0.1) is 0 Å². The number of hydrogen-bond acceptors (Lipinski definition) is 8. The fourth-order valence-electron chi connectivity index (χ4n) is 3.19. The summed E-state index contributed by atoms with van der Waals surface area (Å²) < 4.78 is 7.21. The molecule has 0 bridgehead atoms. The minimum absolute atomic E-state index is 0.0910. The third-order valence-electron chi connectivity index (χ3n) is 4.89. The number of aromatic nitrogens is 4. The number of rotatable bonds is 11. The van der Waals surface area contributed by atoms with E-state index in [4.69, 9.17) is 4.74 Å². The zero-order chi connectivity index (χ0) is 22.4. The number of hydrogen-bond donors (Lipinski definition) is 4. The molecule has 0 aliphatic carbocycles. The summed E-state index contributed by atoms with van der Waals surface area (Å²) in [6.07, 6.45) is 5.09. The van der Waals surface area contributed by atoms with Gasteiger partial charge in [-0.3, -0.25) is 0 Å². The summed E-state index contributed by atoms with van der Waals surface area (Å²) in [4.78, 5) is 13.7. The lowest BCUT2D eigenvalue weighted by molar-refractivity contribution is 0.0943. The van der Waals surface area contributed by atoms with Crippen LogP contribution in [-0.4, -0.2) is 49.0 Å². The van der Waals surface area contributed by atoms with E-state index >= 15 is 0 Å². The Hall–Kier alpha value is -3.07. The van der Waals surface area contributed by atoms with Crippen LogP contribution in [0.5, 0.6) is 11.5 Å². The van der Waals surface area contributed by atoms with E-state index in [1.54, 1.807) is 26.2 Å². The van der Waals surface area contributed by atoms with Gasteiger partial charge in [-0.25, -0.2) is 4.98 Å². The molecule has 0 saturated heterocycles. The molecule has 2 heterocycles. The summed E-state index contributed by atoms with van der Waals surface area (Å²) in [5.74, 6) is 1.47. The van der Waals surface area contributed by atoms with E-state index in [1.165, 1.54) is 7.11 Å². The number of para-hydroxylation sites is 1. The summed E-state index contributed by atoms with van der Waals surface area (Å²) in [6.45, 7) is 7.07. The largest absolute Gasteiger partial charge is 0.504 e. The fraction of sp³-hybridized carbons (Fsp3) is 0.500. The Labute approximate surface area is 182 Å². The Morgan fingerprint density at radius 3 is 2.68 bits per heavy atom. The Morgan fingerprint density at radius 1 is 1.16 bits per heavy atom. The van der Waals surface area contributed by atoms with Gasteiger partial charge < -0.3 is 30.2 Å². The van der Waals surface area contributed by atoms with Crippen LogP contribution in [0.4, 0.5) is 11.8 Å². The van der Waals surface area contributed by atoms with Gasteiger partial charge >= 0.3 is 0 Å². The number of nitrogens with one attached hydrogen (secondary N) is 2. The van der Waals surface area contributed by atoms with Gasteiger partial charge in [0.05, 0.1) is 19.0 Å². The molecule has 168 valence electrons. The van der Waals surface area contributed by atoms with E-state index in [-0.39, 0.29) is 5.75 Å². The second-order valence-electron chi connectivity index (χ2n) is 8.20. The third kappa shape index (κ3) is 5.75. The van der Waals surface area contributed by atoms with Crippen LogP contribution < -0.4 is 15.4 Å². The molecular weight excluding hydrogens is 396 g/mol. The molecule has 0 unspecified atom stereocenters. The normalized spacial score (nSPS) is 11.6. The highest BCUT2D eigenvalue weighted by molar-refractivity contribution is 5.84. The molecule has 9 nitrogen and oxygen atoms in total. The van der Waals surface area contributed by atoms with Crippen LogP contribution in [0.25, 0.3) is 11.2 Å². The second kappa shape index (κ2) is 9.82. The maximum Gasteiger partial charge on any atom is 0.226 e. The first-order valence-electron chi connectivity index (χ1n) is 10.6. The molecule has 3 aromatic rings. The SMILES string of the molecule is CCCCCn1cnc2c(NCc3cccc(OC)c3O)nc(NCC(C)(C)O)nc21. The van der Waals surface area contributed by atoms with Crippen LogP contribution in [0.1, 0.15) is 45.6 Å². The number of phenols is 1. The van der Waals surface area contributed by atoms with Crippen molar-refractivity contribution in [2.45, 2.75) is 58.7 Å². The van der Waals surface area contributed by atoms with Crippen molar-refractivity contribution in [1.29, 1.82) is 0 Å². The van der Waals surface area contributed by atoms with Crippen molar-refractivity contribution in [3.05, 3.63) is 30.1 Å². The molecule has 0 saturated carbocycles. The third-order valence-corrected chi connectivity index (χ3v) is 4.89. The lowest BCUT2D eigenvalue weighted by atomic mass is 10.1. The number of unbranched alkanes of at least 4 members (excludes halogenated alkanes) is 2. The van der Waals surface area contributed by atoms with Gasteiger partial charge in [-0.1, -0.05) is 31.9 Å². The maximum absolute atomic E-state index is 10.4. The van der Waals surface area contributed by atoms with Crippen LogP contribution in [-0.2, 0) is 13.1 Å². The van der Waals surface area contributed by atoms with Gasteiger partial charge in [0.1, 0.15) is 0 Å². The summed E-state index contributed by atoms with van der Waals surface area (Å²) in [7, 11) is 1.52. The number of fused-ring (bicyclic) bond motifs is 1. The first-order valence-corrected chi connectivity index (χ1v) is 10.6. The maximum atomic E-state index is 10.4. The van der Waals surface area contributed by atoms with Gasteiger partial charge in [-0.2, -0.15) is 9.97 Å². The topological polar surface area (TPSA) is 117 Å². The molecule has 0 aliphatic rings. The van der Waals surface area contributed by atoms with E-state index in [0.29, 0.717) is 41.7 Å². The Kier molecular flexibility index (Phi) is 7.17. The lowest BCUT2D eigenvalue weighted by Crippen LogP contribution is -2.30. The molecule has 31 heavy (non-hydrogen) atoms. The molecule has 2 aromatic heterocycles. The van der Waals surface area contributed by atoms with Crippen LogP contribution in [0.2, 0.25) is 0 Å². The Balaban J connectivity index is 1.90. The number of ether oxygens (including phenoxy) is 1. The molecule has 0 spiro atoms. The average Bonchev–Trinajstić information content (AvgIpc) is 3.14. The summed E-state index contributed by atoms with van der Waals surface area (Å²) in [5.41, 5.74) is 1.16. The van der Waals surface area contributed by atoms with E-state index in [1.807, 2.05) is 16.7 Å². The lowest BCUT2D eigenvalue weighted by Gasteiger charge is -2.18. The van der Waals surface area contributed by atoms with Crippen LogP contribution >= 0.6 is 0 Å². The van der Waals surface area contributed by atoms with Crippen molar-refractivity contribution in [3.63, 3.8) is 0 Å². The first kappa shape index (κ1) is 22.6. The van der Waals surface area contributed by atoms with Gasteiger partial charge in [-0.05, 0) is 26.3 Å². The summed E-state index contributed by atoms with van der Waals surface area (Å²) in [5, 5.41) is 26.8. The first-order chi connectivity index (χ1) is 14.8. The van der Waals surface area contributed by atoms with Gasteiger partial charge in [0.15, 0.2) is 28.5 Å². The number of phenolic OH excluding ortho intramolecular Hbond substituents is 1. The minimum atomic E-state index is -0.903. The molecule has 0 radical (unpaired) electrons. The highest BCUT2D eigenvalue weighted by atomic mass is 16.5. The number of nitrogens with zero attached hydrogens (tertiary/aromatic N) is 4. The zero-order valence-electron chi connectivity index (χ0n) is 18.6. The number of benzene rings is 1. The predicted molar refractivity (Wildman–Crippen MR) is 122 cm³/mol. The van der Waals surface area contributed by atoms with E-state index < -0.39 is 5.60 Å². The number of imidazole rings is 1.